The summed E-state index contributed by atoms with van der Waals surface area (Å²) in [5, 5.41) is 7.56. The van der Waals surface area contributed by atoms with Crippen LogP contribution in [0.2, 0.25) is 0 Å². The first-order valence-corrected chi connectivity index (χ1v) is 13.1. The van der Waals surface area contributed by atoms with Crippen molar-refractivity contribution in [1.29, 1.82) is 0 Å². The summed E-state index contributed by atoms with van der Waals surface area (Å²) < 4.78 is 15.6. The Balaban J connectivity index is 1.74. The van der Waals surface area contributed by atoms with Crippen LogP contribution in [0.3, 0.4) is 0 Å². The second kappa shape index (κ2) is 11.9. The first kappa shape index (κ1) is 28.4. The van der Waals surface area contributed by atoms with Crippen LogP contribution in [0.5, 0.6) is 0 Å². The molecule has 3 N–H and O–H groups in total. The van der Waals surface area contributed by atoms with Crippen molar-refractivity contribution in [3.63, 3.8) is 0 Å². The molecule has 3 rings (SSSR count). The Morgan fingerprint density at radius 1 is 1.30 bits per heavy atom. The third kappa shape index (κ3) is 6.40. The number of nitrogens with one attached hydrogen (secondary N) is 1. The van der Waals surface area contributed by atoms with E-state index in [1.54, 1.807) is 33.1 Å². The summed E-state index contributed by atoms with van der Waals surface area (Å²) in [6, 6.07) is -0.939. The molecule has 1 saturated heterocycles. The molecule has 2 aliphatic rings. The predicted molar refractivity (Wildman–Crippen MR) is 135 cm³/mol. The number of carbonyl (C=O) groups excluding carboxylic acids is 4. The minimum absolute atomic E-state index is 0.0116. The van der Waals surface area contributed by atoms with E-state index in [9.17, 15) is 19.2 Å². The average Bonchev–Trinajstić information content (AvgIpc) is 3.28. The highest BCUT2D eigenvalue weighted by atomic mass is 32.2. The Morgan fingerprint density at radius 2 is 2.03 bits per heavy atom. The number of hydrogen-bond donors (Lipinski definition) is 2. The SMILES string of the molecule is CCOCC1=C(C(=O)OCOC(=O)C(C)(C)C)N2C(=O)C(NC(=O)C(=NOC)c3csc(N)n3)[C@H]2SC1. The van der Waals surface area contributed by atoms with Crippen LogP contribution >= 0.6 is 23.1 Å². The Hall–Kier alpha value is -3.17. The van der Waals surface area contributed by atoms with Gasteiger partial charge in [0.15, 0.2) is 10.8 Å². The predicted octanol–water partition coefficient (Wildman–Crippen LogP) is 0.856. The lowest BCUT2D eigenvalue weighted by Crippen LogP contribution is -2.71. The van der Waals surface area contributed by atoms with Crippen LogP contribution in [0.15, 0.2) is 21.8 Å². The van der Waals surface area contributed by atoms with Crippen molar-refractivity contribution >= 4 is 57.7 Å². The van der Waals surface area contributed by atoms with Gasteiger partial charge in [0.05, 0.1) is 12.0 Å². The van der Waals surface area contributed by atoms with Gasteiger partial charge in [0.1, 0.15) is 29.9 Å². The lowest BCUT2D eigenvalue weighted by Gasteiger charge is -2.49. The van der Waals surface area contributed by atoms with E-state index in [1.165, 1.54) is 23.8 Å². The summed E-state index contributed by atoms with van der Waals surface area (Å²) in [6.45, 7) is 6.72. The Morgan fingerprint density at radius 3 is 2.62 bits per heavy atom. The monoisotopic (exact) mass is 555 g/mol. The molecule has 2 amide bonds. The van der Waals surface area contributed by atoms with Gasteiger partial charge >= 0.3 is 11.9 Å². The van der Waals surface area contributed by atoms with Gasteiger partial charge in [-0.05, 0) is 33.3 Å². The average molecular weight is 556 g/mol. The van der Waals surface area contributed by atoms with Crippen molar-refractivity contribution in [3.8, 4) is 0 Å². The summed E-state index contributed by atoms with van der Waals surface area (Å²) in [7, 11) is 1.28. The van der Waals surface area contributed by atoms with Gasteiger partial charge in [-0.25, -0.2) is 9.78 Å². The molecule has 37 heavy (non-hydrogen) atoms. The number of thioether (sulfide) groups is 1. The number of anilines is 1. The van der Waals surface area contributed by atoms with E-state index in [0.717, 1.165) is 11.3 Å². The maximum atomic E-state index is 13.1. The molecule has 0 aromatic carbocycles. The highest BCUT2D eigenvalue weighted by Gasteiger charge is 2.54. The Kier molecular flexibility index (Phi) is 9.15. The van der Waals surface area contributed by atoms with Crippen molar-refractivity contribution in [2.75, 3.05) is 38.6 Å². The molecule has 0 saturated carbocycles. The fourth-order valence-electron chi connectivity index (χ4n) is 3.33. The highest BCUT2D eigenvalue weighted by molar-refractivity contribution is 8.00. The zero-order valence-electron chi connectivity index (χ0n) is 21.1. The molecular weight excluding hydrogens is 526 g/mol. The van der Waals surface area contributed by atoms with E-state index in [4.69, 9.17) is 24.8 Å². The molecule has 0 aliphatic carbocycles. The van der Waals surface area contributed by atoms with Gasteiger partial charge in [-0.15, -0.1) is 23.1 Å². The molecule has 2 aliphatic heterocycles. The summed E-state index contributed by atoms with van der Waals surface area (Å²) >= 11 is 2.48. The van der Waals surface area contributed by atoms with Crippen molar-refractivity contribution < 1.29 is 38.2 Å². The first-order chi connectivity index (χ1) is 17.5. The molecule has 1 aromatic heterocycles. The highest BCUT2D eigenvalue weighted by Crippen LogP contribution is 2.40. The number of ether oxygens (including phenoxy) is 3. The first-order valence-electron chi connectivity index (χ1n) is 11.2. The summed E-state index contributed by atoms with van der Waals surface area (Å²) in [4.78, 5) is 61.1. The Labute approximate surface area is 221 Å². The minimum atomic E-state index is -0.939. The van der Waals surface area contributed by atoms with Gasteiger partial charge in [0, 0.05) is 17.7 Å². The maximum Gasteiger partial charge on any atom is 0.358 e. The van der Waals surface area contributed by atoms with E-state index >= 15 is 0 Å². The third-order valence-corrected chi connectivity index (χ3v) is 7.18. The van der Waals surface area contributed by atoms with Crippen molar-refractivity contribution in [1.82, 2.24) is 15.2 Å². The van der Waals surface area contributed by atoms with Crippen LogP contribution < -0.4 is 11.1 Å². The number of nitrogen functional groups attached to an aromatic ring is 1. The number of aromatic nitrogens is 1. The molecule has 202 valence electrons. The Bertz CT molecular complexity index is 1130. The molecule has 0 spiro atoms. The number of thiazole rings is 1. The van der Waals surface area contributed by atoms with Crippen LogP contribution in [-0.2, 0) is 38.2 Å². The number of amides is 2. The molecule has 13 nitrogen and oxygen atoms in total. The molecule has 15 heteroatoms. The van der Waals surface area contributed by atoms with E-state index in [0.29, 0.717) is 17.9 Å². The van der Waals surface area contributed by atoms with Crippen molar-refractivity contribution in [3.05, 3.63) is 22.3 Å². The zero-order valence-corrected chi connectivity index (χ0v) is 22.7. The van der Waals surface area contributed by atoms with Crippen molar-refractivity contribution in [2.45, 2.75) is 39.1 Å². The topological polar surface area (TPSA) is 172 Å². The molecular formula is C22H29N5O8S2. The lowest BCUT2D eigenvalue weighted by molar-refractivity contribution is -0.173. The summed E-state index contributed by atoms with van der Waals surface area (Å²) in [5.74, 6) is -2.23. The number of hydrogen-bond acceptors (Lipinski definition) is 13. The normalized spacial score (nSPS) is 19.6. The molecule has 1 fully saturated rings. The second-order valence-electron chi connectivity index (χ2n) is 8.88. The summed E-state index contributed by atoms with van der Waals surface area (Å²) in [5.41, 5.74) is 5.50. The van der Waals surface area contributed by atoms with E-state index < -0.39 is 47.4 Å². The number of rotatable bonds is 10. The fraction of sp³-hybridized carbons (Fsp3) is 0.545. The maximum absolute atomic E-state index is 13.1. The molecule has 2 atom stereocenters. The van der Waals surface area contributed by atoms with E-state index in [-0.39, 0.29) is 28.8 Å². The van der Waals surface area contributed by atoms with Gasteiger partial charge in [-0.3, -0.25) is 19.3 Å². The number of β-lactam (4-membered cyclic amide) rings is 1. The van der Waals surface area contributed by atoms with Crippen molar-refractivity contribution in [2.24, 2.45) is 10.6 Å². The number of nitrogens with two attached hydrogens (primary N) is 1. The van der Waals surface area contributed by atoms with Gasteiger partial charge in [-0.2, -0.15) is 0 Å². The van der Waals surface area contributed by atoms with Crippen LogP contribution in [-0.4, -0.2) is 83.6 Å². The van der Waals surface area contributed by atoms with Crippen LogP contribution in [0, 0.1) is 5.41 Å². The standard InChI is InChI=1S/C22H29N5O8S2/c1-6-33-7-11-8-36-18-14(25-16(28)13(26-32-5)12-9-37-21(23)24-12)17(29)27(18)15(11)19(30)34-10-35-20(31)22(2,3)4/h9,14,18H,6-8,10H2,1-5H3,(H2,23,24)(H,25,28)/t14?,18-/m1/s1. The van der Waals surface area contributed by atoms with Gasteiger partial charge < -0.3 is 30.1 Å². The third-order valence-electron chi connectivity index (χ3n) is 5.16. The fourth-order valence-corrected chi connectivity index (χ4v) is 5.21. The van der Waals surface area contributed by atoms with Crippen LogP contribution in [0.1, 0.15) is 33.4 Å². The van der Waals surface area contributed by atoms with E-state index in [1.807, 2.05) is 0 Å². The second-order valence-corrected chi connectivity index (χ2v) is 10.9. The summed E-state index contributed by atoms with van der Waals surface area (Å²) in [6.07, 6.45) is 0. The van der Waals surface area contributed by atoms with Crippen LogP contribution in [0.4, 0.5) is 5.13 Å². The number of esters is 2. The number of carbonyl (C=O) groups is 4. The van der Waals surface area contributed by atoms with Crippen LogP contribution in [0.25, 0.3) is 0 Å². The molecule has 3 heterocycles. The minimum Gasteiger partial charge on any atom is -0.427 e. The smallest absolute Gasteiger partial charge is 0.358 e. The number of fused-ring (bicyclic) bond motifs is 1. The van der Waals surface area contributed by atoms with Gasteiger partial charge in [0.25, 0.3) is 11.8 Å². The number of nitrogens with zero attached hydrogens (tertiary/aromatic N) is 3. The van der Waals surface area contributed by atoms with Gasteiger partial charge in [-0.1, -0.05) is 5.16 Å². The zero-order chi connectivity index (χ0) is 27.3. The lowest BCUT2D eigenvalue weighted by atomic mass is 9.98. The molecule has 1 aromatic rings. The van der Waals surface area contributed by atoms with E-state index in [2.05, 4.69) is 15.5 Å². The number of oxime groups is 1. The largest absolute Gasteiger partial charge is 0.427 e. The molecule has 0 bridgehead atoms. The molecule has 0 radical (unpaired) electrons. The van der Waals surface area contributed by atoms with Gasteiger partial charge in [0.2, 0.25) is 6.79 Å². The quantitative estimate of drug-likeness (QED) is 0.138. The molecule has 1 unspecified atom stereocenters.